The molecule has 0 atom stereocenters. The zero-order chi connectivity index (χ0) is 35.9. The first-order valence-corrected chi connectivity index (χ1v) is 15.8. The lowest BCUT2D eigenvalue weighted by atomic mass is 9.95. The first kappa shape index (κ1) is 39.6. The van der Waals surface area contributed by atoms with Crippen LogP contribution in [0.5, 0.6) is 5.75 Å². The molecule has 0 radical (unpaired) electrons. The average molecular weight is 672 g/mol. The summed E-state index contributed by atoms with van der Waals surface area (Å²) in [4.78, 5) is 35.5. The number of carbonyl (C=O) groups excluding carboxylic acids is 1. The number of benzene rings is 2. The average Bonchev–Trinajstić information content (AvgIpc) is 2.99. The van der Waals surface area contributed by atoms with E-state index in [0.717, 1.165) is 30.6 Å². The largest absolute Gasteiger partial charge is 0.491 e. The van der Waals surface area contributed by atoms with Crippen LogP contribution in [0, 0.1) is 0 Å². The van der Waals surface area contributed by atoms with E-state index in [1.807, 2.05) is 65.8 Å². The van der Waals surface area contributed by atoms with E-state index in [1.165, 1.54) is 18.2 Å². The van der Waals surface area contributed by atoms with Gasteiger partial charge in [0.1, 0.15) is 11.6 Å². The van der Waals surface area contributed by atoms with Crippen LogP contribution in [0.15, 0.2) is 58.4 Å². The topological polar surface area (TPSA) is 199 Å². The fourth-order valence-electron chi connectivity index (χ4n) is 4.10. The van der Waals surface area contributed by atoms with Crippen LogP contribution in [0.4, 0.5) is 19.3 Å². The number of H-pyrrole nitrogens is 1. The second-order valence-corrected chi connectivity index (χ2v) is 13.1. The van der Waals surface area contributed by atoms with Crippen LogP contribution < -0.4 is 43.4 Å². The van der Waals surface area contributed by atoms with E-state index >= 15 is 0 Å². The number of alkyl halides is 2. The van der Waals surface area contributed by atoms with E-state index in [2.05, 4.69) is 30.9 Å². The van der Waals surface area contributed by atoms with Crippen molar-refractivity contribution in [1.29, 1.82) is 0 Å². The van der Waals surface area contributed by atoms with Crippen molar-refractivity contribution in [3.8, 4) is 16.9 Å². The van der Waals surface area contributed by atoms with E-state index in [9.17, 15) is 18.4 Å². The van der Waals surface area contributed by atoms with Crippen LogP contribution in [-0.2, 0) is 12.0 Å². The lowest BCUT2D eigenvalue weighted by molar-refractivity contribution is 0.151. The Morgan fingerprint density at radius 2 is 1.73 bits per heavy atom. The van der Waals surface area contributed by atoms with Gasteiger partial charge in [0, 0.05) is 35.8 Å². The van der Waals surface area contributed by atoms with Gasteiger partial charge < -0.3 is 42.9 Å². The number of nitrogens with zero attached hydrogens (tertiary/aromatic N) is 2. The minimum absolute atomic E-state index is 0.115. The molecule has 0 aliphatic heterocycles. The summed E-state index contributed by atoms with van der Waals surface area (Å²) in [5.41, 5.74) is 17.8. The molecule has 0 aliphatic rings. The summed E-state index contributed by atoms with van der Waals surface area (Å²) < 4.78 is 31.1. The number of anilines is 1. The van der Waals surface area contributed by atoms with Gasteiger partial charge in [0.05, 0.1) is 17.9 Å². The highest BCUT2D eigenvalue weighted by Crippen LogP contribution is 2.30. The molecule has 1 aromatic heterocycles. The van der Waals surface area contributed by atoms with Gasteiger partial charge in [0.2, 0.25) is 0 Å². The summed E-state index contributed by atoms with van der Waals surface area (Å²) >= 11 is 0. The monoisotopic (exact) mass is 671 g/mol. The van der Waals surface area contributed by atoms with Crippen LogP contribution >= 0.6 is 0 Å². The molecule has 0 fully saturated rings. The summed E-state index contributed by atoms with van der Waals surface area (Å²) in [5.74, 6) is 1.15. The van der Waals surface area contributed by atoms with Crippen molar-refractivity contribution in [2.24, 2.45) is 22.2 Å². The molecule has 12 nitrogen and oxygen atoms in total. The van der Waals surface area contributed by atoms with Gasteiger partial charge in [-0.05, 0) is 76.0 Å². The predicted octanol–water partition coefficient (Wildman–Crippen LogP) is 4.76. The van der Waals surface area contributed by atoms with E-state index in [-0.39, 0.29) is 28.2 Å². The van der Waals surface area contributed by atoms with Crippen molar-refractivity contribution >= 4 is 17.7 Å². The Kier molecular flexibility index (Phi) is 15.4. The number of aromatic amines is 1. The number of urea groups is 1. The number of hydrogen-bond donors (Lipinski definition) is 7. The molecule has 3 aromatic rings. The summed E-state index contributed by atoms with van der Waals surface area (Å²) in [6.07, 6.45) is 0.530. The van der Waals surface area contributed by atoms with Gasteiger partial charge in [-0.15, -0.1) is 0 Å². The van der Waals surface area contributed by atoms with Crippen molar-refractivity contribution in [1.82, 2.24) is 20.6 Å². The highest BCUT2D eigenvalue weighted by atomic mass is 19.3. The molecule has 3 rings (SSSR count). The molecular formula is C34H51F2N9O3. The number of aliphatic imine (C=N–C) groups is 1. The Hall–Kier alpha value is -4.56. The molecule has 264 valence electrons. The molecule has 2 amide bonds. The number of hydrogen-bond acceptors (Lipinski definition) is 7. The van der Waals surface area contributed by atoms with Gasteiger partial charge in [-0.2, -0.15) is 0 Å². The molecule has 0 bridgehead atoms. The second-order valence-electron chi connectivity index (χ2n) is 13.1. The van der Waals surface area contributed by atoms with E-state index in [1.54, 1.807) is 6.20 Å². The minimum Gasteiger partial charge on any atom is -0.491 e. The third-order valence-electron chi connectivity index (χ3n) is 6.51. The van der Waals surface area contributed by atoms with Crippen molar-refractivity contribution in [2.75, 3.05) is 31.6 Å². The summed E-state index contributed by atoms with van der Waals surface area (Å²) in [6.45, 7) is 14.5. The Labute approximate surface area is 281 Å². The number of rotatable bonds is 13. The zero-order valence-electron chi connectivity index (χ0n) is 28.8. The smallest absolute Gasteiger partial charge is 0.319 e. The number of nitrogens with two attached hydrogens (primary N) is 3. The van der Waals surface area contributed by atoms with Crippen molar-refractivity contribution in [3.05, 3.63) is 76.0 Å². The van der Waals surface area contributed by atoms with E-state index in [4.69, 9.17) is 21.9 Å². The maximum atomic E-state index is 12.8. The standard InChI is InChI=1S/C19H28N6O.C15H23F2N3O2/c1-19(2,3)17-24-12-15(16(26)25-17)14-7-5-13(6-8-14)11-22-9-4-10-23-18(20)21;1-15(2,3)20-14(21)19-11-9-10(13(16)17)5-6-12(11)22-8-4-7-18/h5-8,12,22H,4,9-11H2,1-3H3,(H4,20,21,23)(H,24,25,26);5-6,9,13H,4,7-8,18H2,1-3H3,(H2,19,20,21). The molecule has 14 heteroatoms. The molecule has 0 unspecified atom stereocenters. The number of ether oxygens (including phenoxy) is 1. The normalized spacial score (nSPS) is 11.4. The van der Waals surface area contributed by atoms with Gasteiger partial charge in [-0.1, -0.05) is 45.0 Å². The number of aromatic nitrogens is 2. The number of carbonyl (C=O) groups is 1. The van der Waals surface area contributed by atoms with Crippen LogP contribution in [0.25, 0.3) is 11.1 Å². The van der Waals surface area contributed by atoms with E-state index in [0.29, 0.717) is 43.3 Å². The maximum absolute atomic E-state index is 12.8. The number of nitrogens with one attached hydrogen (secondary N) is 4. The Bertz CT molecular complexity index is 1530. The number of halogens is 2. The molecule has 0 saturated heterocycles. The molecule has 0 aliphatic carbocycles. The summed E-state index contributed by atoms with van der Waals surface area (Å²) in [7, 11) is 0. The molecule has 2 aromatic carbocycles. The van der Waals surface area contributed by atoms with Gasteiger partial charge in [-0.25, -0.2) is 18.6 Å². The van der Waals surface area contributed by atoms with Crippen molar-refractivity contribution in [3.63, 3.8) is 0 Å². The summed E-state index contributed by atoms with van der Waals surface area (Å²) in [6, 6.07) is 11.3. The first-order valence-electron chi connectivity index (χ1n) is 15.8. The maximum Gasteiger partial charge on any atom is 0.319 e. The summed E-state index contributed by atoms with van der Waals surface area (Å²) in [5, 5.41) is 8.59. The highest BCUT2D eigenvalue weighted by Gasteiger charge is 2.19. The quantitative estimate of drug-likeness (QED) is 0.0766. The minimum atomic E-state index is -2.62. The Morgan fingerprint density at radius 3 is 2.29 bits per heavy atom. The lowest BCUT2D eigenvalue weighted by Crippen LogP contribution is -2.43. The molecule has 0 saturated carbocycles. The van der Waals surface area contributed by atoms with E-state index < -0.39 is 18.0 Å². The Morgan fingerprint density at radius 1 is 1.04 bits per heavy atom. The van der Waals surface area contributed by atoms with Crippen LogP contribution in [-0.4, -0.2) is 53.7 Å². The van der Waals surface area contributed by atoms with Gasteiger partial charge >= 0.3 is 6.03 Å². The Balaban J connectivity index is 0.000000339. The predicted molar refractivity (Wildman–Crippen MR) is 188 cm³/mol. The first-order chi connectivity index (χ1) is 22.5. The fourth-order valence-corrected chi connectivity index (χ4v) is 4.10. The lowest BCUT2D eigenvalue weighted by Gasteiger charge is -2.21. The number of guanidine groups is 1. The highest BCUT2D eigenvalue weighted by molar-refractivity contribution is 5.91. The van der Waals surface area contributed by atoms with Crippen molar-refractivity contribution in [2.45, 2.75) is 78.3 Å². The molecule has 10 N–H and O–H groups in total. The molecule has 1 heterocycles. The molecule has 48 heavy (non-hydrogen) atoms. The fraction of sp³-hybridized carbons (Fsp3) is 0.471. The zero-order valence-corrected chi connectivity index (χ0v) is 28.8. The van der Waals surface area contributed by atoms with Gasteiger partial charge in [-0.3, -0.25) is 9.79 Å². The van der Waals surface area contributed by atoms with Crippen LogP contribution in [0.3, 0.4) is 0 Å². The van der Waals surface area contributed by atoms with Gasteiger partial charge in [0.15, 0.2) is 5.96 Å². The SMILES string of the molecule is CC(C)(C)NC(=O)Nc1cc(C(F)F)ccc1OCCCN.CC(C)(C)c1ncc(-c2ccc(CNCCCN=C(N)N)cc2)c(=O)[nH]1. The van der Waals surface area contributed by atoms with Crippen molar-refractivity contribution < 1.29 is 18.3 Å². The third kappa shape index (κ3) is 14.5. The second kappa shape index (κ2) is 18.7. The van der Waals surface area contributed by atoms with Crippen LogP contribution in [0.2, 0.25) is 0 Å². The van der Waals surface area contributed by atoms with Gasteiger partial charge in [0.25, 0.3) is 12.0 Å². The molecular weight excluding hydrogens is 620 g/mol. The third-order valence-corrected chi connectivity index (χ3v) is 6.51. The number of amides is 2. The molecule has 0 spiro atoms. The van der Waals surface area contributed by atoms with Crippen LogP contribution in [0.1, 0.15) is 77.8 Å².